The quantitative estimate of drug-likeness (QED) is 0.477. The summed E-state index contributed by atoms with van der Waals surface area (Å²) in [5.74, 6) is -1.23. The first-order valence-electron chi connectivity index (χ1n) is 8.25. The summed E-state index contributed by atoms with van der Waals surface area (Å²) in [6.07, 6.45) is -0.368. The fourth-order valence-corrected chi connectivity index (χ4v) is 2.85. The van der Waals surface area contributed by atoms with Gasteiger partial charge in [-0.1, -0.05) is 6.07 Å². The lowest BCUT2D eigenvalue weighted by molar-refractivity contribution is -0.385. The molecule has 0 spiro atoms. The molecule has 1 aromatic rings. The lowest BCUT2D eigenvalue weighted by Crippen LogP contribution is -2.59. The first kappa shape index (κ1) is 20.1. The molecule has 1 unspecified atom stereocenters. The van der Waals surface area contributed by atoms with Crippen molar-refractivity contribution in [2.24, 2.45) is 0 Å². The van der Waals surface area contributed by atoms with Gasteiger partial charge in [0.2, 0.25) is 0 Å². The molecule has 0 aliphatic carbocycles. The molecular formula is C17H21N3O7. The molecule has 1 aromatic carbocycles. The van der Waals surface area contributed by atoms with Gasteiger partial charge in [-0.2, -0.15) is 0 Å². The van der Waals surface area contributed by atoms with Gasteiger partial charge >= 0.3 is 12.1 Å². The van der Waals surface area contributed by atoms with Crippen LogP contribution in [0.1, 0.15) is 31.1 Å². The van der Waals surface area contributed by atoms with Crippen molar-refractivity contribution in [1.29, 1.82) is 0 Å². The number of amides is 1. The molecule has 27 heavy (non-hydrogen) atoms. The number of nitrogens with zero attached hydrogens (tertiary/aromatic N) is 3. The minimum absolute atomic E-state index is 0.0346. The maximum Gasteiger partial charge on any atom is 0.411 e. The van der Waals surface area contributed by atoms with Crippen LogP contribution in [-0.4, -0.2) is 64.6 Å². The van der Waals surface area contributed by atoms with Crippen molar-refractivity contribution < 1.29 is 29.2 Å². The highest BCUT2D eigenvalue weighted by Crippen LogP contribution is 2.29. The van der Waals surface area contributed by atoms with Gasteiger partial charge in [-0.15, -0.1) is 0 Å². The first-order chi connectivity index (χ1) is 12.5. The molecule has 1 N–H and O–H groups in total. The Morgan fingerprint density at radius 3 is 2.52 bits per heavy atom. The maximum absolute atomic E-state index is 12.3. The lowest BCUT2D eigenvalue weighted by Gasteiger charge is -2.40. The molecule has 0 saturated carbocycles. The van der Waals surface area contributed by atoms with Crippen LogP contribution in [0, 0.1) is 10.1 Å². The van der Waals surface area contributed by atoms with Crippen molar-refractivity contribution in [1.82, 2.24) is 4.90 Å². The normalized spacial score (nSPS) is 17.4. The lowest BCUT2D eigenvalue weighted by atomic mass is 10.1. The van der Waals surface area contributed by atoms with Gasteiger partial charge in [0.1, 0.15) is 17.2 Å². The molecule has 10 nitrogen and oxygen atoms in total. The van der Waals surface area contributed by atoms with Crippen LogP contribution >= 0.6 is 0 Å². The van der Waals surface area contributed by atoms with E-state index in [4.69, 9.17) is 4.74 Å². The first-order valence-corrected chi connectivity index (χ1v) is 8.25. The van der Waals surface area contributed by atoms with Crippen LogP contribution < -0.4 is 4.90 Å². The average molecular weight is 379 g/mol. The number of benzene rings is 1. The van der Waals surface area contributed by atoms with Gasteiger partial charge < -0.3 is 14.7 Å². The van der Waals surface area contributed by atoms with E-state index in [1.165, 1.54) is 18.2 Å². The topological polar surface area (TPSA) is 130 Å². The molecule has 0 aromatic heterocycles. The Morgan fingerprint density at radius 2 is 2.00 bits per heavy atom. The van der Waals surface area contributed by atoms with Gasteiger partial charge in [-0.05, 0) is 26.8 Å². The fourth-order valence-electron chi connectivity index (χ4n) is 2.85. The predicted octanol–water partition coefficient (Wildman–Crippen LogP) is 1.92. The van der Waals surface area contributed by atoms with Crippen LogP contribution in [0.3, 0.4) is 0 Å². The number of piperazine rings is 1. The largest absolute Gasteiger partial charge is 0.480 e. The van der Waals surface area contributed by atoms with E-state index in [2.05, 4.69) is 0 Å². The van der Waals surface area contributed by atoms with Crippen molar-refractivity contribution in [2.75, 3.05) is 24.5 Å². The summed E-state index contributed by atoms with van der Waals surface area (Å²) in [6, 6.07) is 2.93. The SMILES string of the molecule is CC(C)(C)OC(=O)N1CCN(c2cccc([N+](=O)[O-])c2C=O)CC1C(=O)O. The summed E-state index contributed by atoms with van der Waals surface area (Å²) in [4.78, 5) is 48.5. The zero-order valence-corrected chi connectivity index (χ0v) is 15.2. The smallest absolute Gasteiger partial charge is 0.411 e. The zero-order chi connectivity index (χ0) is 20.4. The van der Waals surface area contributed by atoms with Crippen molar-refractivity contribution in [3.63, 3.8) is 0 Å². The summed E-state index contributed by atoms with van der Waals surface area (Å²) in [5.41, 5.74) is -1.00. The zero-order valence-electron chi connectivity index (χ0n) is 15.2. The van der Waals surface area contributed by atoms with Crippen LogP contribution in [0.5, 0.6) is 0 Å². The third kappa shape index (κ3) is 4.52. The highest BCUT2D eigenvalue weighted by Gasteiger charge is 2.38. The van der Waals surface area contributed by atoms with Crippen molar-refractivity contribution >= 4 is 29.7 Å². The number of carbonyl (C=O) groups is 3. The molecule has 1 atom stereocenters. The minimum atomic E-state index is -1.23. The number of nitro benzene ring substituents is 1. The van der Waals surface area contributed by atoms with E-state index in [0.29, 0.717) is 6.29 Å². The Kier molecular flexibility index (Phi) is 5.67. The summed E-state index contributed by atoms with van der Waals surface area (Å²) in [5, 5.41) is 20.7. The Bertz CT molecular complexity index is 772. The fraction of sp³-hybridized carbons (Fsp3) is 0.471. The highest BCUT2D eigenvalue weighted by molar-refractivity contribution is 5.91. The second kappa shape index (κ2) is 7.60. The third-order valence-corrected chi connectivity index (χ3v) is 4.01. The van der Waals surface area contributed by atoms with Gasteiger partial charge in [0.05, 0.1) is 10.6 Å². The third-order valence-electron chi connectivity index (χ3n) is 4.01. The number of carboxylic acids is 1. The van der Waals surface area contributed by atoms with Crippen molar-refractivity contribution in [3.8, 4) is 0 Å². The summed E-state index contributed by atoms with van der Waals surface area (Å²) < 4.78 is 5.25. The van der Waals surface area contributed by atoms with Crippen LogP contribution in [0.4, 0.5) is 16.2 Å². The molecule has 1 saturated heterocycles. The van der Waals surface area contributed by atoms with Gasteiger partial charge in [-0.25, -0.2) is 9.59 Å². The van der Waals surface area contributed by atoms with Crippen LogP contribution in [0.15, 0.2) is 18.2 Å². The number of nitro groups is 1. The number of hydrogen-bond acceptors (Lipinski definition) is 7. The van der Waals surface area contributed by atoms with Gasteiger partial charge in [0.15, 0.2) is 6.29 Å². The van der Waals surface area contributed by atoms with E-state index < -0.39 is 28.6 Å². The molecule has 1 amide bonds. The molecule has 2 rings (SSSR count). The summed E-state index contributed by atoms with van der Waals surface area (Å²) >= 11 is 0. The maximum atomic E-state index is 12.3. The Labute approximate surface area is 155 Å². The second-order valence-electron chi connectivity index (χ2n) is 7.06. The molecule has 1 heterocycles. The van der Waals surface area contributed by atoms with Gasteiger partial charge in [0, 0.05) is 25.7 Å². The number of anilines is 1. The number of aliphatic carboxylic acids is 1. The molecule has 0 bridgehead atoms. The van der Waals surface area contributed by atoms with E-state index in [9.17, 15) is 29.6 Å². The number of aldehydes is 1. The van der Waals surface area contributed by atoms with Gasteiger partial charge in [0.25, 0.3) is 5.69 Å². The van der Waals surface area contributed by atoms with E-state index in [1.54, 1.807) is 25.7 Å². The molecule has 1 aliphatic heterocycles. The monoisotopic (exact) mass is 379 g/mol. The molecule has 10 heteroatoms. The molecule has 0 radical (unpaired) electrons. The Morgan fingerprint density at radius 1 is 1.33 bits per heavy atom. The van der Waals surface area contributed by atoms with E-state index in [-0.39, 0.29) is 36.6 Å². The number of carbonyl (C=O) groups excluding carboxylic acids is 2. The predicted molar refractivity (Wildman–Crippen MR) is 95.1 cm³/mol. The second-order valence-corrected chi connectivity index (χ2v) is 7.06. The van der Waals surface area contributed by atoms with Crippen LogP contribution in [0.2, 0.25) is 0 Å². The minimum Gasteiger partial charge on any atom is -0.480 e. The molecule has 1 fully saturated rings. The van der Waals surface area contributed by atoms with Gasteiger partial charge in [-0.3, -0.25) is 19.8 Å². The highest BCUT2D eigenvalue weighted by atomic mass is 16.6. The number of carboxylic acid groups (broad SMARTS) is 1. The molecular weight excluding hydrogens is 358 g/mol. The summed E-state index contributed by atoms with van der Waals surface area (Å²) in [6.45, 7) is 5.14. The van der Waals surface area contributed by atoms with E-state index in [0.717, 1.165) is 4.90 Å². The summed E-state index contributed by atoms with van der Waals surface area (Å²) in [7, 11) is 0. The van der Waals surface area contributed by atoms with Crippen LogP contribution in [-0.2, 0) is 9.53 Å². The van der Waals surface area contributed by atoms with E-state index >= 15 is 0 Å². The Balaban J connectivity index is 2.31. The van der Waals surface area contributed by atoms with Crippen molar-refractivity contribution in [2.45, 2.75) is 32.4 Å². The van der Waals surface area contributed by atoms with E-state index in [1.807, 2.05) is 0 Å². The Hall–Kier alpha value is -3.17. The van der Waals surface area contributed by atoms with Crippen LogP contribution in [0.25, 0.3) is 0 Å². The molecule has 146 valence electrons. The number of hydrogen-bond donors (Lipinski definition) is 1. The average Bonchev–Trinajstić information content (AvgIpc) is 2.58. The standard InChI is InChI=1S/C17H21N3O7/c1-17(2,3)27-16(24)19-8-7-18(9-14(19)15(22)23)12-5-4-6-13(20(25)26)11(12)10-21/h4-6,10,14H,7-9H2,1-3H3,(H,22,23). The number of ether oxygens (including phenoxy) is 1. The van der Waals surface area contributed by atoms with Crippen molar-refractivity contribution in [3.05, 3.63) is 33.9 Å². The molecule has 1 aliphatic rings. The number of rotatable bonds is 4.